The number of hydrogen-bond donors (Lipinski definition) is 1. The number of nitrogens with zero attached hydrogens (tertiary/aromatic N) is 4. The number of hydrogen-bond acceptors (Lipinski definition) is 5. The predicted molar refractivity (Wildman–Crippen MR) is 82.4 cm³/mol. The number of aromatic nitrogens is 4. The van der Waals surface area contributed by atoms with Gasteiger partial charge in [0.05, 0.1) is 23.9 Å². The molecule has 20 heavy (non-hydrogen) atoms. The monoisotopic (exact) mass is 287 g/mol. The zero-order valence-electron chi connectivity index (χ0n) is 11.8. The van der Waals surface area contributed by atoms with Gasteiger partial charge in [-0.3, -0.25) is 0 Å². The van der Waals surface area contributed by atoms with Gasteiger partial charge in [0.15, 0.2) is 0 Å². The normalized spacial score (nSPS) is 11.2. The summed E-state index contributed by atoms with van der Waals surface area (Å²) < 4.78 is 2.12. The second-order valence-corrected chi connectivity index (χ2v) is 5.89. The quantitative estimate of drug-likeness (QED) is 0.801. The summed E-state index contributed by atoms with van der Waals surface area (Å²) in [6.45, 7) is 7.86. The molecule has 0 aliphatic rings. The summed E-state index contributed by atoms with van der Waals surface area (Å²) in [5.41, 5.74) is 4.73. The number of nitrogens with one attached hydrogen (secondary N) is 1. The van der Waals surface area contributed by atoms with Gasteiger partial charge in [-0.15, -0.1) is 10.2 Å². The van der Waals surface area contributed by atoms with Gasteiger partial charge in [0.25, 0.3) is 0 Å². The lowest BCUT2D eigenvalue weighted by atomic mass is 10.1. The molecule has 0 atom stereocenters. The number of imidazole rings is 1. The van der Waals surface area contributed by atoms with Crippen molar-refractivity contribution in [3.63, 3.8) is 0 Å². The maximum absolute atomic E-state index is 4.46. The van der Waals surface area contributed by atoms with Crippen LogP contribution in [0.3, 0.4) is 0 Å². The van der Waals surface area contributed by atoms with E-state index in [9.17, 15) is 0 Å². The standard InChI is InChI=1S/C14H17N5S/c1-4-15-14-18-17-13(20-14)7-19-8-16-11-5-9(2)10(3)6-12(11)19/h5-6,8H,4,7H2,1-3H3,(H,15,18). The molecule has 6 heteroatoms. The van der Waals surface area contributed by atoms with E-state index in [-0.39, 0.29) is 0 Å². The summed E-state index contributed by atoms with van der Waals surface area (Å²) in [4.78, 5) is 4.46. The Kier molecular flexibility index (Phi) is 3.40. The summed E-state index contributed by atoms with van der Waals surface area (Å²) >= 11 is 1.59. The van der Waals surface area contributed by atoms with Crippen LogP contribution in [0.1, 0.15) is 23.1 Å². The Labute approximate surface area is 121 Å². The van der Waals surface area contributed by atoms with Crippen molar-refractivity contribution in [1.29, 1.82) is 0 Å². The van der Waals surface area contributed by atoms with E-state index in [1.54, 1.807) is 11.3 Å². The Hall–Kier alpha value is -1.95. The number of anilines is 1. The van der Waals surface area contributed by atoms with Gasteiger partial charge in [-0.2, -0.15) is 0 Å². The van der Waals surface area contributed by atoms with Gasteiger partial charge in [0, 0.05) is 6.54 Å². The summed E-state index contributed by atoms with van der Waals surface area (Å²) in [6, 6.07) is 4.31. The van der Waals surface area contributed by atoms with Gasteiger partial charge in [-0.25, -0.2) is 4.98 Å². The first-order valence-electron chi connectivity index (χ1n) is 6.65. The number of fused-ring (bicyclic) bond motifs is 1. The zero-order valence-corrected chi connectivity index (χ0v) is 12.7. The summed E-state index contributed by atoms with van der Waals surface area (Å²) in [5, 5.41) is 13.4. The van der Waals surface area contributed by atoms with Crippen LogP contribution in [0, 0.1) is 13.8 Å². The van der Waals surface area contributed by atoms with Gasteiger partial charge in [-0.1, -0.05) is 11.3 Å². The summed E-state index contributed by atoms with van der Waals surface area (Å²) in [5.74, 6) is 0. The topological polar surface area (TPSA) is 55.6 Å². The highest BCUT2D eigenvalue weighted by atomic mass is 32.1. The largest absolute Gasteiger partial charge is 0.360 e. The Bertz CT molecular complexity index is 743. The molecular weight excluding hydrogens is 270 g/mol. The molecule has 0 unspecified atom stereocenters. The minimum absolute atomic E-state index is 0.710. The average Bonchev–Trinajstić information content (AvgIpc) is 3.00. The van der Waals surface area contributed by atoms with Crippen molar-refractivity contribution < 1.29 is 0 Å². The molecule has 0 fully saturated rings. The minimum Gasteiger partial charge on any atom is -0.360 e. The highest BCUT2D eigenvalue weighted by molar-refractivity contribution is 7.15. The van der Waals surface area contributed by atoms with Crippen molar-refractivity contribution >= 4 is 27.5 Å². The van der Waals surface area contributed by atoms with Crippen molar-refractivity contribution in [2.24, 2.45) is 0 Å². The molecule has 0 amide bonds. The molecule has 3 rings (SSSR count). The SMILES string of the molecule is CCNc1nnc(Cn2cnc3cc(C)c(C)cc32)s1. The number of benzene rings is 1. The first kappa shape index (κ1) is 13.1. The maximum Gasteiger partial charge on any atom is 0.205 e. The van der Waals surface area contributed by atoms with Crippen molar-refractivity contribution in [1.82, 2.24) is 19.7 Å². The van der Waals surface area contributed by atoms with E-state index in [4.69, 9.17) is 0 Å². The van der Waals surface area contributed by atoms with Crippen LogP contribution in [0.2, 0.25) is 0 Å². The molecular formula is C14H17N5S. The number of aryl methyl sites for hydroxylation is 2. The van der Waals surface area contributed by atoms with E-state index in [0.29, 0.717) is 6.54 Å². The third kappa shape index (κ3) is 2.38. The molecule has 0 radical (unpaired) electrons. The van der Waals surface area contributed by atoms with Crippen molar-refractivity contribution in [3.8, 4) is 0 Å². The Morgan fingerprint density at radius 2 is 2.00 bits per heavy atom. The van der Waals surface area contributed by atoms with E-state index in [1.807, 2.05) is 6.33 Å². The molecule has 2 aromatic heterocycles. The molecule has 0 saturated carbocycles. The lowest BCUT2D eigenvalue weighted by molar-refractivity contribution is 0.800. The fraction of sp³-hybridized carbons (Fsp3) is 0.357. The molecule has 0 spiro atoms. The Balaban J connectivity index is 1.92. The van der Waals surface area contributed by atoms with Crippen LogP contribution in [0.5, 0.6) is 0 Å². The molecule has 0 aliphatic carbocycles. The third-order valence-electron chi connectivity index (χ3n) is 3.34. The lowest BCUT2D eigenvalue weighted by Gasteiger charge is -2.03. The highest BCUT2D eigenvalue weighted by Crippen LogP contribution is 2.21. The van der Waals surface area contributed by atoms with Crippen LogP contribution >= 0.6 is 11.3 Å². The first-order valence-corrected chi connectivity index (χ1v) is 7.47. The van der Waals surface area contributed by atoms with E-state index in [1.165, 1.54) is 11.1 Å². The molecule has 5 nitrogen and oxygen atoms in total. The van der Waals surface area contributed by atoms with Gasteiger partial charge in [0.2, 0.25) is 5.13 Å². The molecule has 0 aliphatic heterocycles. The number of rotatable bonds is 4. The van der Waals surface area contributed by atoms with Crippen molar-refractivity contribution in [2.75, 3.05) is 11.9 Å². The smallest absolute Gasteiger partial charge is 0.205 e. The van der Waals surface area contributed by atoms with E-state index in [0.717, 1.165) is 27.7 Å². The second-order valence-electron chi connectivity index (χ2n) is 4.83. The molecule has 104 valence electrons. The maximum atomic E-state index is 4.46. The molecule has 1 N–H and O–H groups in total. The molecule has 3 aromatic rings. The molecule has 0 bridgehead atoms. The molecule has 1 aromatic carbocycles. The average molecular weight is 287 g/mol. The molecule has 0 saturated heterocycles. The minimum atomic E-state index is 0.710. The molecule has 2 heterocycles. The van der Waals surface area contributed by atoms with Crippen LogP contribution < -0.4 is 5.32 Å². The van der Waals surface area contributed by atoms with E-state index >= 15 is 0 Å². The van der Waals surface area contributed by atoms with Crippen LogP contribution in [-0.2, 0) is 6.54 Å². The summed E-state index contributed by atoms with van der Waals surface area (Å²) in [7, 11) is 0. The van der Waals surface area contributed by atoms with E-state index < -0.39 is 0 Å². The van der Waals surface area contributed by atoms with Gasteiger partial charge < -0.3 is 9.88 Å². The predicted octanol–water partition coefficient (Wildman–Crippen LogP) is 2.98. The van der Waals surface area contributed by atoms with Crippen LogP contribution in [-0.4, -0.2) is 26.3 Å². The zero-order chi connectivity index (χ0) is 14.1. The first-order chi connectivity index (χ1) is 9.67. The van der Waals surface area contributed by atoms with Gasteiger partial charge >= 0.3 is 0 Å². The van der Waals surface area contributed by atoms with Crippen LogP contribution in [0.4, 0.5) is 5.13 Å². The Morgan fingerprint density at radius 1 is 1.20 bits per heavy atom. The third-order valence-corrected chi connectivity index (χ3v) is 4.20. The van der Waals surface area contributed by atoms with Crippen molar-refractivity contribution in [3.05, 3.63) is 34.6 Å². The fourth-order valence-electron chi connectivity index (χ4n) is 2.13. The van der Waals surface area contributed by atoms with Crippen molar-refractivity contribution in [2.45, 2.75) is 27.3 Å². The fourth-order valence-corrected chi connectivity index (χ4v) is 2.93. The second kappa shape index (κ2) is 5.20. The van der Waals surface area contributed by atoms with Crippen LogP contribution in [0.15, 0.2) is 18.5 Å². The van der Waals surface area contributed by atoms with Crippen LogP contribution in [0.25, 0.3) is 11.0 Å². The van der Waals surface area contributed by atoms with Gasteiger partial charge in [0.1, 0.15) is 5.01 Å². The highest BCUT2D eigenvalue weighted by Gasteiger charge is 2.08. The van der Waals surface area contributed by atoms with Gasteiger partial charge in [-0.05, 0) is 44.0 Å². The summed E-state index contributed by atoms with van der Waals surface area (Å²) in [6.07, 6.45) is 1.87. The lowest BCUT2D eigenvalue weighted by Crippen LogP contribution is -1.97. The Morgan fingerprint density at radius 3 is 2.80 bits per heavy atom. The van der Waals surface area contributed by atoms with E-state index in [2.05, 4.69) is 58.0 Å².